The number of nitrogens with zero attached hydrogens (tertiary/aromatic N) is 1. The molecule has 4 heteroatoms. The molecule has 1 aromatic carbocycles. The molecule has 0 unspecified atom stereocenters. The monoisotopic (exact) mass is 169 g/mol. The molecule has 0 heterocycles. The average molecular weight is 169 g/mol. The van der Waals surface area contributed by atoms with Crippen molar-refractivity contribution in [1.82, 2.24) is 0 Å². The fourth-order valence-electron chi connectivity index (χ4n) is 0.883. The molecule has 1 rings (SSSR count). The van der Waals surface area contributed by atoms with E-state index in [0.29, 0.717) is 5.56 Å². The Labute approximate surface area is 69.0 Å². The lowest BCUT2D eigenvalue weighted by Crippen LogP contribution is -2.15. The predicted molar refractivity (Wildman–Crippen MR) is 42.0 cm³/mol. The van der Waals surface area contributed by atoms with Gasteiger partial charge in [0.15, 0.2) is 0 Å². The van der Waals surface area contributed by atoms with Crippen LogP contribution >= 0.6 is 0 Å². The minimum atomic E-state index is -1.99. The van der Waals surface area contributed by atoms with E-state index in [2.05, 4.69) is 0 Å². The summed E-state index contributed by atoms with van der Waals surface area (Å²) in [5.74, 6) is 0. The maximum atomic E-state index is 12.5. The molecule has 0 aromatic heterocycles. The SMILES string of the molecule is O=[N+]([O-])[C@H](F)Cc1ccccc1. The first-order chi connectivity index (χ1) is 5.70. The van der Waals surface area contributed by atoms with Gasteiger partial charge < -0.3 is 0 Å². The highest BCUT2D eigenvalue weighted by Crippen LogP contribution is 2.05. The van der Waals surface area contributed by atoms with Crippen LogP contribution in [0.2, 0.25) is 0 Å². The Morgan fingerprint density at radius 1 is 1.42 bits per heavy atom. The van der Waals surface area contributed by atoms with Gasteiger partial charge >= 0.3 is 6.30 Å². The minimum absolute atomic E-state index is 0.159. The Balaban J connectivity index is 2.58. The van der Waals surface area contributed by atoms with Gasteiger partial charge in [0.25, 0.3) is 0 Å². The molecule has 12 heavy (non-hydrogen) atoms. The highest BCUT2D eigenvalue weighted by Gasteiger charge is 2.17. The lowest BCUT2D eigenvalue weighted by atomic mass is 10.1. The third-order valence-electron chi connectivity index (χ3n) is 1.48. The van der Waals surface area contributed by atoms with E-state index in [-0.39, 0.29) is 6.42 Å². The number of nitro groups is 1. The van der Waals surface area contributed by atoms with Crippen LogP contribution in [0.3, 0.4) is 0 Å². The summed E-state index contributed by atoms with van der Waals surface area (Å²) in [6, 6.07) is 8.55. The Morgan fingerprint density at radius 3 is 2.50 bits per heavy atom. The van der Waals surface area contributed by atoms with Crippen molar-refractivity contribution in [2.75, 3.05) is 0 Å². The highest BCUT2D eigenvalue weighted by molar-refractivity contribution is 5.14. The van der Waals surface area contributed by atoms with Crippen LogP contribution in [0.5, 0.6) is 0 Å². The van der Waals surface area contributed by atoms with Gasteiger partial charge in [-0.2, -0.15) is 4.39 Å². The molecule has 0 fully saturated rings. The fraction of sp³-hybridized carbons (Fsp3) is 0.250. The predicted octanol–water partition coefficient (Wildman–Crippen LogP) is 1.80. The molecule has 0 saturated heterocycles. The van der Waals surface area contributed by atoms with Crippen molar-refractivity contribution < 1.29 is 9.31 Å². The fourth-order valence-corrected chi connectivity index (χ4v) is 0.883. The van der Waals surface area contributed by atoms with Gasteiger partial charge in [-0.1, -0.05) is 30.3 Å². The summed E-state index contributed by atoms with van der Waals surface area (Å²) in [5, 5.41) is 9.93. The van der Waals surface area contributed by atoms with Crippen molar-refractivity contribution in [1.29, 1.82) is 0 Å². The lowest BCUT2D eigenvalue weighted by Gasteiger charge is -1.99. The zero-order chi connectivity index (χ0) is 8.97. The second-order valence-electron chi connectivity index (χ2n) is 2.41. The molecule has 0 aliphatic carbocycles. The van der Waals surface area contributed by atoms with E-state index < -0.39 is 11.2 Å². The van der Waals surface area contributed by atoms with E-state index in [1.54, 1.807) is 30.3 Å². The quantitative estimate of drug-likeness (QED) is 0.393. The van der Waals surface area contributed by atoms with Crippen molar-refractivity contribution in [2.24, 2.45) is 0 Å². The maximum Gasteiger partial charge on any atom is 0.353 e. The lowest BCUT2D eigenvalue weighted by molar-refractivity contribution is -0.552. The van der Waals surface area contributed by atoms with Crippen LogP contribution in [0.25, 0.3) is 0 Å². The summed E-state index contributed by atoms with van der Waals surface area (Å²) in [6.07, 6.45) is -2.15. The van der Waals surface area contributed by atoms with Gasteiger partial charge in [0.1, 0.15) is 0 Å². The van der Waals surface area contributed by atoms with E-state index in [9.17, 15) is 14.5 Å². The zero-order valence-corrected chi connectivity index (χ0v) is 6.31. The first kappa shape index (κ1) is 8.64. The standard InChI is InChI=1S/C8H8FNO2/c9-8(10(11)12)6-7-4-2-1-3-5-7/h1-5,8H,6H2/t8-/m0/s1. The Morgan fingerprint density at radius 2 is 2.00 bits per heavy atom. The van der Waals surface area contributed by atoms with Crippen LogP contribution in [0, 0.1) is 10.1 Å². The summed E-state index contributed by atoms with van der Waals surface area (Å²) in [6.45, 7) is 0. The topological polar surface area (TPSA) is 43.1 Å². The van der Waals surface area contributed by atoms with Crippen LogP contribution in [0.4, 0.5) is 4.39 Å². The summed E-state index contributed by atoms with van der Waals surface area (Å²) < 4.78 is 12.5. The zero-order valence-electron chi connectivity index (χ0n) is 6.31. The smallest absolute Gasteiger partial charge is 0.262 e. The van der Waals surface area contributed by atoms with Gasteiger partial charge in [0.2, 0.25) is 0 Å². The van der Waals surface area contributed by atoms with Crippen molar-refractivity contribution in [3.63, 3.8) is 0 Å². The van der Waals surface area contributed by atoms with Gasteiger partial charge in [0.05, 0.1) is 11.3 Å². The molecular weight excluding hydrogens is 161 g/mol. The summed E-state index contributed by atoms with van der Waals surface area (Å²) in [4.78, 5) is 9.01. The van der Waals surface area contributed by atoms with Gasteiger partial charge in [-0.3, -0.25) is 10.1 Å². The van der Waals surface area contributed by atoms with Crippen LogP contribution in [-0.2, 0) is 6.42 Å². The molecule has 0 radical (unpaired) electrons. The first-order valence-corrected chi connectivity index (χ1v) is 3.51. The molecule has 0 spiro atoms. The Bertz CT molecular complexity index is 263. The molecule has 1 atom stereocenters. The molecule has 0 saturated carbocycles. The maximum absolute atomic E-state index is 12.5. The van der Waals surface area contributed by atoms with Gasteiger partial charge in [-0.05, 0) is 5.56 Å². The largest absolute Gasteiger partial charge is 0.353 e. The second-order valence-corrected chi connectivity index (χ2v) is 2.41. The molecule has 3 nitrogen and oxygen atoms in total. The second kappa shape index (κ2) is 3.80. The van der Waals surface area contributed by atoms with Crippen LogP contribution in [0.1, 0.15) is 5.56 Å². The number of hydrogen-bond acceptors (Lipinski definition) is 2. The Kier molecular flexibility index (Phi) is 2.74. The van der Waals surface area contributed by atoms with Gasteiger partial charge in [-0.25, -0.2) is 0 Å². The van der Waals surface area contributed by atoms with E-state index in [1.807, 2.05) is 0 Å². The molecule has 0 bridgehead atoms. The molecule has 64 valence electrons. The molecule has 0 N–H and O–H groups in total. The van der Waals surface area contributed by atoms with Gasteiger partial charge in [0, 0.05) is 0 Å². The van der Waals surface area contributed by atoms with Crippen LogP contribution in [-0.4, -0.2) is 11.2 Å². The van der Waals surface area contributed by atoms with Crippen molar-refractivity contribution >= 4 is 0 Å². The van der Waals surface area contributed by atoms with Crippen molar-refractivity contribution in [3.8, 4) is 0 Å². The molecule has 0 amide bonds. The number of hydrogen-bond donors (Lipinski definition) is 0. The minimum Gasteiger partial charge on any atom is -0.262 e. The van der Waals surface area contributed by atoms with Gasteiger partial charge in [-0.15, -0.1) is 0 Å². The van der Waals surface area contributed by atoms with Crippen LogP contribution in [0.15, 0.2) is 30.3 Å². The number of benzene rings is 1. The van der Waals surface area contributed by atoms with E-state index in [4.69, 9.17) is 0 Å². The summed E-state index contributed by atoms with van der Waals surface area (Å²) >= 11 is 0. The summed E-state index contributed by atoms with van der Waals surface area (Å²) in [5.41, 5.74) is 0.640. The third kappa shape index (κ3) is 2.30. The molecule has 0 aliphatic rings. The number of halogens is 1. The normalized spacial score (nSPS) is 12.4. The number of rotatable bonds is 3. The first-order valence-electron chi connectivity index (χ1n) is 3.51. The highest BCUT2D eigenvalue weighted by atomic mass is 19.1. The van der Waals surface area contributed by atoms with Crippen molar-refractivity contribution in [2.45, 2.75) is 12.7 Å². The third-order valence-corrected chi connectivity index (χ3v) is 1.48. The van der Waals surface area contributed by atoms with Crippen LogP contribution < -0.4 is 0 Å². The summed E-state index contributed by atoms with van der Waals surface area (Å²) in [7, 11) is 0. The molecular formula is C8H8FNO2. The van der Waals surface area contributed by atoms with E-state index in [1.165, 1.54) is 0 Å². The average Bonchev–Trinajstić information content (AvgIpc) is 2.06. The van der Waals surface area contributed by atoms with Crippen molar-refractivity contribution in [3.05, 3.63) is 46.0 Å². The molecule has 0 aliphatic heterocycles. The van der Waals surface area contributed by atoms with E-state index in [0.717, 1.165) is 0 Å². The molecule has 1 aromatic rings. The Hall–Kier alpha value is -1.45. The van der Waals surface area contributed by atoms with E-state index >= 15 is 0 Å². The number of alkyl halides is 1.